The van der Waals surface area contributed by atoms with Gasteiger partial charge in [-0.1, -0.05) is 6.07 Å². The Labute approximate surface area is 135 Å². The van der Waals surface area contributed by atoms with Gasteiger partial charge in [0.2, 0.25) is 0 Å². The fraction of sp³-hybridized carbons (Fsp3) is 0.533. The molecule has 0 saturated heterocycles. The van der Waals surface area contributed by atoms with Gasteiger partial charge < -0.3 is 9.64 Å². The first-order valence-corrected chi connectivity index (χ1v) is 9.41. The number of rotatable bonds is 1. The minimum Gasteiger partial charge on any atom is -0.444 e. The van der Waals surface area contributed by atoms with E-state index in [2.05, 4.69) is 0 Å². The number of carbonyl (C=O) groups excluding carboxylic acids is 1. The summed E-state index contributed by atoms with van der Waals surface area (Å²) in [7, 11) is 1.65. The molecule has 22 heavy (non-hydrogen) atoms. The fourth-order valence-corrected chi connectivity index (χ4v) is 3.16. The molecule has 0 bridgehead atoms. The summed E-state index contributed by atoms with van der Waals surface area (Å²) in [5, 5.41) is 0. The van der Waals surface area contributed by atoms with Crippen LogP contribution in [0.5, 0.6) is 0 Å². The molecule has 5 nitrogen and oxygen atoms in total. The molecule has 0 N–H and O–H groups in total. The van der Waals surface area contributed by atoms with Crippen LogP contribution in [0, 0.1) is 0 Å². The summed E-state index contributed by atoms with van der Waals surface area (Å²) in [6.45, 7) is 6.53. The molecule has 0 spiro atoms. The van der Waals surface area contributed by atoms with Crippen molar-refractivity contribution in [1.29, 1.82) is 0 Å². The Morgan fingerprint density at radius 1 is 1.18 bits per heavy atom. The zero-order chi connectivity index (χ0) is 16.5. The van der Waals surface area contributed by atoms with Gasteiger partial charge in [-0.2, -0.15) is 0 Å². The Bertz CT molecular complexity index is 679. The van der Waals surface area contributed by atoms with E-state index in [0.29, 0.717) is 25.9 Å². The Morgan fingerprint density at radius 3 is 2.32 bits per heavy atom. The van der Waals surface area contributed by atoms with Gasteiger partial charge in [-0.05, 0) is 56.9 Å². The first-order chi connectivity index (χ1) is 10.1. The summed E-state index contributed by atoms with van der Waals surface area (Å²) >= 11 is 0. The van der Waals surface area contributed by atoms with E-state index >= 15 is 0 Å². The lowest BCUT2D eigenvalue weighted by Crippen LogP contribution is -2.38. The van der Waals surface area contributed by atoms with E-state index in [1.54, 1.807) is 17.0 Å². The number of ether oxygens (including phenoxy) is 1. The molecule has 0 radical (unpaired) electrons. The quantitative estimate of drug-likeness (QED) is 0.734. The molecule has 1 aliphatic rings. The molecule has 0 fully saturated rings. The molecule has 1 aromatic carbocycles. The number of amides is 1. The molecule has 1 heterocycles. The molecule has 0 aromatic heterocycles. The van der Waals surface area contributed by atoms with E-state index in [9.17, 15) is 13.2 Å². The minimum absolute atomic E-state index is 0.0960. The number of benzene rings is 1. The van der Waals surface area contributed by atoms with Crippen molar-refractivity contribution in [2.24, 2.45) is 0 Å². The van der Waals surface area contributed by atoms with E-state index in [1.165, 1.54) is 6.07 Å². The molecule has 122 valence electrons. The van der Waals surface area contributed by atoms with Crippen molar-refractivity contribution in [2.45, 2.75) is 44.1 Å². The predicted octanol–water partition coefficient (Wildman–Crippen LogP) is 2.95. The molecular formula is C15H20ClNO4S. The number of fused-ring (bicyclic) bond motifs is 1. The maximum Gasteiger partial charge on any atom is 0.410 e. The molecule has 0 saturated carbocycles. The van der Waals surface area contributed by atoms with Crippen LogP contribution >= 0.6 is 10.7 Å². The Balaban J connectivity index is 2.15. The van der Waals surface area contributed by atoms with Gasteiger partial charge in [0.15, 0.2) is 0 Å². The lowest BCUT2D eigenvalue weighted by atomic mass is 10.0. The van der Waals surface area contributed by atoms with Crippen molar-refractivity contribution in [2.75, 3.05) is 13.1 Å². The minimum atomic E-state index is -3.74. The van der Waals surface area contributed by atoms with Gasteiger partial charge in [0.25, 0.3) is 9.05 Å². The van der Waals surface area contributed by atoms with Gasteiger partial charge in [0, 0.05) is 23.8 Å². The maximum absolute atomic E-state index is 12.1. The van der Waals surface area contributed by atoms with Gasteiger partial charge in [-0.15, -0.1) is 0 Å². The van der Waals surface area contributed by atoms with Crippen LogP contribution in [0.3, 0.4) is 0 Å². The zero-order valence-electron chi connectivity index (χ0n) is 12.9. The normalized spacial score (nSPS) is 15.9. The third-order valence-electron chi connectivity index (χ3n) is 3.41. The number of hydrogen-bond acceptors (Lipinski definition) is 4. The van der Waals surface area contributed by atoms with Crippen LogP contribution in [0.1, 0.15) is 31.9 Å². The number of hydrogen-bond donors (Lipinski definition) is 0. The highest BCUT2D eigenvalue weighted by Gasteiger charge is 2.24. The smallest absolute Gasteiger partial charge is 0.410 e. The van der Waals surface area contributed by atoms with Gasteiger partial charge in [-0.25, -0.2) is 13.2 Å². The molecule has 0 aliphatic carbocycles. The molecule has 7 heteroatoms. The van der Waals surface area contributed by atoms with Crippen molar-refractivity contribution in [3.63, 3.8) is 0 Å². The van der Waals surface area contributed by atoms with Crippen LogP contribution in [0.25, 0.3) is 0 Å². The molecule has 2 rings (SSSR count). The molecule has 1 aromatic rings. The lowest BCUT2D eigenvalue weighted by Gasteiger charge is -2.26. The Kier molecular flexibility index (Phi) is 4.73. The van der Waals surface area contributed by atoms with Crippen molar-refractivity contribution < 1.29 is 17.9 Å². The highest BCUT2D eigenvalue weighted by Crippen LogP contribution is 2.23. The SMILES string of the molecule is CC(C)(C)OC(=O)N1CCc2ccc(S(=O)(=O)Cl)cc2CC1. The molecule has 0 atom stereocenters. The van der Waals surface area contributed by atoms with Crippen LogP contribution in [0.4, 0.5) is 4.79 Å². The highest BCUT2D eigenvalue weighted by molar-refractivity contribution is 8.13. The van der Waals surface area contributed by atoms with Gasteiger partial charge in [-0.3, -0.25) is 0 Å². The average Bonchev–Trinajstić information content (AvgIpc) is 2.57. The van der Waals surface area contributed by atoms with E-state index in [4.69, 9.17) is 15.4 Å². The highest BCUT2D eigenvalue weighted by atomic mass is 35.7. The lowest BCUT2D eigenvalue weighted by molar-refractivity contribution is 0.0258. The van der Waals surface area contributed by atoms with Gasteiger partial charge >= 0.3 is 6.09 Å². The first-order valence-electron chi connectivity index (χ1n) is 7.11. The topological polar surface area (TPSA) is 63.7 Å². The monoisotopic (exact) mass is 345 g/mol. The molecule has 1 amide bonds. The molecule has 1 aliphatic heterocycles. The largest absolute Gasteiger partial charge is 0.444 e. The summed E-state index contributed by atoms with van der Waals surface area (Å²) in [6, 6.07) is 4.86. The summed E-state index contributed by atoms with van der Waals surface area (Å²) in [5.41, 5.74) is 1.42. The first kappa shape index (κ1) is 17.1. The zero-order valence-corrected chi connectivity index (χ0v) is 14.5. The number of carbonyl (C=O) groups is 1. The van der Waals surface area contributed by atoms with Crippen molar-refractivity contribution in [3.8, 4) is 0 Å². The second-order valence-electron chi connectivity index (χ2n) is 6.34. The van der Waals surface area contributed by atoms with E-state index < -0.39 is 14.7 Å². The summed E-state index contributed by atoms with van der Waals surface area (Å²) in [6.07, 6.45) is 0.900. The number of halogens is 1. The van der Waals surface area contributed by atoms with Crippen LogP contribution in [-0.4, -0.2) is 38.1 Å². The fourth-order valence-electron chi connectivity index (χ4n) is 2.36. The van der Waals surface area contributed by atoms with E-state index in [1.807, 2.05) is 20.8 Å². The molecular weight excluding hydrogens is 326 g/mol. The summed E-state index contributed by atoms with van der Waals surface area (Å²) in [5.74, 6) is 0. The van der Waals surface area contributed by atoms with Gasteiger partial charge in [0.05, 0.1) is 4.90 Å². The van der Waals surface area contributed by atoms with Crippen LogP contribution in [0.15, 0.2) is 23.1 Å². The average molecular weight is 346 g/mol. The van der Waals surface area contributed by atoms with Crippen LogP contribution in [0.2, 0.25) is 0 Å². The van der Waals surface area contributed by atoms with Crippen molar-refractivity contribution >= 4 is 25.8 Å². The summed E-state index contributed by atoms with van der Waals surface area (Å²) in [4.78, 5) is 13.9. The molecule has 0 unspecified atom stereocenters. The predicted molar refractivity (Wildman–Crippen MR) is 84.7 cm³/mol. The number of nitrogens with zero attached hydrogens (tertiary/aromatic N) is 1. The third-order valence-corrected chi connectivity index (χ3v) is 4.76. The van der Waals surface area contributed by atoms with Crippen LogP contribution in [-0.2, 0) is 26.6 Å². The van der Waals surface area contributed by atoms with Crippen LogP contribution < -0.4 is 0 Å². The summed E-state index contributed by atoms with van der Waals surface area (Å²) < 4.78 is 28.2. The Hall–Kier alpha value is -1.27. The van der Waals surface area contributed by atoms with Crippen molar-refractivity contribution in [3.05, 3.63) is 29.3 Å². The van der Waals surface area contributed by atoms with Gasteiger partial charge in [0.1, 0.15) is 5.60 Å². The second-order valence-corrected chi connectivity index (χ2v) is 8.90. The van der Waals surface area contributed by atoms with Crippen molar-refractivity contribution in [1.82, 2.24) is 4.90 Å². The standard InChI is InChI=1S/C15H20ClNO4S/c1-15(2,3)21-14(18)17-8-6-11-4-5-13(22(16,19)20)10-12(11)7-9-17/h4-5,10H,6-9H2,1-3H3. The third kappa shape index (κ3) is 4.36. The van der Waals surface area contributed by atoms with E-state index in [-0.39, 0.29) is 11.0 Å². The second kappa shape index (κ2) is 6.08. The van der Waals surface area contributed by atoms with E-state index in [0.717, 1.165) is 11.1 Å². The maximum atomic E-state index is 12.1. The Morgan fingerprint density at radius 2 is 1.77 bits per heavy atom.